The minimum absolute atomic E-state index is 0.0629. The summed E-state index contributed by atoms with van der Waals surface area (Å²) < 4.78 is 27.7. The first kappa shape index (κ1) is 20.2. The first-order valence-corrected chi connectivity index (χ1v) is 10.7. The van der Waals surface area contributed by atoms with Crippen molar-refractivity contribution in [1.82, 2.24) is 10.0 Å². The summed E-state index contributed by atoms with van der Waals surface area (Å²) in [5.74, 6) is -0.424. The van der Waals surface area contributed by atoms with Gasteiger partial charge in [-0.25, -0.2) is 8.42 Å². The summed E-state index contributed by atoms with van der Waals surface area (Å²) in [5.41, 5.74) is 0. The van der Waals surface area contributed by atoms with Gasteiger partial charge in [-0.1, -0.05) is 57.2 Å². The highest BCUT2D eigenvalue weighted by Crippen LogP contribution is 2.19. The number of nitrogens with one attached hydrogen (secondary N) is 2. The van der Waals surface area contributed by atoms with Crippen LogP contribution < -0.4 is 10.0 Å². The molecular formula is C18H27ClN2O3S. The summed E-state index contributed by atoms with van der Waals surface area (Å²) in [5, 5.41) is 3.37. The van der Waals surface area contributed by atoms with Crippen molar-refractivity contribution in [2.75, 3.05) is 0 Å². The smallest absolute Gasteiger partial charge is 0.241 e. The lowest BCUT2D eigenvalue weighted by Gasteiger charge is -2.25. The van der Waals surface area contributed by atoms with Crippen molar-refractivity contribution in [3.8, 4) is 0 Å². The zero-order valence-corrected chi connectivity index (χ0v) is 16.4. The fraction of sp³-hybridized carbons (Fsp3) is 0.611. The Kier molecular flexibility index (Phi) is 7.28. The Labute approximate surface area is 155 Å². The molecule has 140 valence electrons. The molecule has 1 aliphatic rings. The lowest BCUT2D eigenvalue weighted by Crippen LogP contribution is -2.51. The Balaban J connectivity index is 2.10. The van der Waals surface area contributed by atoms with Gasteiger partial charge in [0.25, 0.3) is 0 Å². The van der Waals surface area contributed by atoms with Gasteiger partial charge in [0, 0.05) is 11.1 Å². The molecule has 0 spiro atoms. The third-order valence-corrected chi connectivity index (χ3v) is 6.21. The van der Waals surface area contributed by atoms with Crippen molar-refractivity contribution >= 4 is 27.5 Å². The summed E-state index contributed by atoms with van der Waals surface area (Å²) in [4.78, 5) is 12.7. The van der Waals surface area contributed by atoms with Crippen LogP contribution in [0.1, 0.15) is 52.4 Å². The molecule has 1 fully saturated rings. The molecule has 5 nitrogen and oxygen atoms in total. The van der Waals surface area contributed by atoms with Crippen molar-refractivity contribution in [1.29, 1.82) is 0 Å². The Morgan fingerprint density at radius 1 is 1.16 bits per heavy atom. The van der Waals surface area contributed by atoms with E-state index in [4.69, 9.17) is 11.6 Å². The standard InChI is InChI=1S/C18H27ClN2O3S/c1-13(2)17(18(22)20-15-9-5-3-4-6-10-15)21-25(23,24)16-11-7-8-14(19)12-16/h7-8,11-13,15,17,21H,3-6,9-10H2,1-2H3,(H,20,22)/t17-/m0/s1. The number of carbonyl (C=O) groups is 1. The van der Waals surface area contributed by atoms with Crippen molar-refractivity contribution in [2.24, 2.45) is 5.92 Å². The van der Waals surface area contributed by atoms with Gasteiger partial charge < -0.3 is 5.32 Å². The van der Waals surface area contributed by atoms with E-state index in [2.05, 4.69) is 10.0 Å². The van der Waals surface area contributed by atoms with Crippen LogP contribution in [0.5, 0.6) is 0 Å². The molecule has 1 aliphatic carbocycles. The third kappa shape index (κ3) is 5.97. The molecule has 25 heavy (non-hydrogen) atoms. The number of amides is 1. The maximum Gasteiger partial charge on any atom is 0.241 e. The monoisotopic (exact) mass is 386 g/mol. The molecule has 0 unspecified atom stereocenters. The van der Waals surface area contributed by atoms with Crippen LogP contribution in [0.2, 0.25) is 5.02 Å². The molecule has 2 rings (SSSR count). The van der Waals surface area contributed by atoms with Gasteiger partial charge in [-0.2, -0.15) is 4.72 Å². The molecule has 0 aliphatic heterocycles. The Hall–Kier alpha value is -1.11. The molecule has 2 N–H and O–H groups in total. The molecule has 0 saturated heterocycles. The quantitative estimate of drug-likeness (QED) is 0.735. The second-order valence-corrected chi connectivity index (χ2v) is 9.15. The number of hydrogen-bond donors (Lipinski definition) is 2. The molecule has 7 heteroatoms. The van der Waals surface area contributed by atoms with Crippen LogP contribution in [0.3, 0.4) is 0 Å². The Morgan fingerprint density at radius 2 is 1.80 bits per heavy atom. The molecule has 1 amide bonds. The second kappa shape index (κ2) is 9.01. The molecule has 0 aromatic heterocycles. The highest BCUT2D eigenvalue weighted by atomic mass is 35.5. The number of halogens is 1. The summed E-state index contributed by atoms with van der Waals surface area (Å²) in [6.07, 6.45) is 6.51. The van der Waals surface area contributed by atoms with Crippen LogP contribution in [0.4, 0.5) is 0 Å². The predicted molar refractivity (Wildman–Crippen MR) is 100 cm³/mol. The zero-order valence-electron chi connectivity index (χ0n) is 14.8. The van der Waals surface area contributed by atoms with Gasteiger partial charge in [-0.05, 0) is 37.0 Å². The Morgan fingerprint density at radius 3 is 2.36 bits per heavy atom. The average Bonchev–Trinajstić information content (AvgIpc) is 2.81. The van der Waals surface area contributed by atoms with Crippen LogP contribution in [-0.4, -0.2) is 26.4 Å². The topological polar surface area (TPSA) is 75.3 Å². The lowest BCUT2D eigenvalue weighted by molar-refractivity contribution is -0.124. The number of carbonyl (C=O) groups excluding carboxylic acids is 1. The van der Waals surface area contributed by atoms with Gasteiger partial charge >= 0.3 is 0 Å². The third-order valence-electron chi connectivity index (χ3n) is 4.54. The number of benzene rings is 1. The summed E-state index contributed by atoms with van der Waals surface area (Å²) in [7, 11) is -3.82. The molecule has 0 heterocycles. The maximum atomic E-state index is 12.7. The van der Waals surface area contributed by atoms with Crippen molar-refractivity contribution in [2.45, 2.75) is 69.4 Å². The van der Waals surface area contributed by atoms with Gasteiger partial charge in [-0.3, -0.25) is 4.79 Å². The summed E-state index contributed by atoms with van der Waals surface area (Å²) in [6.45, 7) is 3.66. The van der Waals surface area contributed by atoms with Crippen molar-refractivity contribution < 1.29 is 13.2 Å². The fourth-order valence-electron chi connectivity index (χ4n) is 3.08. The highest BCUT2D eigenvalue weighted by Gasteiger charge is 2.29. The van der Waals surface area contributed by atoms with Gasteiger partial charge in [0.1, 0.15) is 6.04 Å². The first-order valence-electron chi connectivity index (χ1n) is 8.88. The first-order chi connectivity index (χ1) is 11.8. The molecule has 0 radical (unpaired) electrons. The molecule has 0 bridgehead atoms. The van der Waals surface area contributed by atoms with E-state index in [9.17, 15) is 13.2 Å². The van der Waals surface area contributed by atoms with E-state index in [1.807, 2.05) is 13.8 Å². The van der Waals surface area contributed by atoms with Crippen LogP contribution in [0, 0.1) is 5.92 Å². The van der Waals surface area contributed by atoms with E-state index in [-0.39, 0.29) is 22.8 Å². The second-order valence-electron chi connectivity index (χ2n) is 7.00. The SMILES string of the molecule is CC(C)[C@H](NS(=O)(=O)c1cccc(Cl)c1)C(=O)NC1CCCCCC1. The van der Waals surface area contributed by atoms with E-state index in [0.717, 1.165) is 25.7 Å². The summed E-state index contributed by atoms with van der Waals surface area (Å²) >= 11 is 5.89. The van der Waals surface area contributed by atoms with Crippen molar-refractivity contribution in [3.63, 3.8) is 0 Å². The highest BCUT2D eigenvalue weighted by molar-refractivity contribution is 7.89. The molecule has 1 aromatic rings. The Bertz CT molecular complexity index is 683. The number of hydrogen-bond acceptors (Lipinski definition) is 3. The van der Waals surface area contributed by atoms with Crippen LogP contribution in [0.25, 0.3) is 0 Å². The van der Waals surface area contributed by atoms with Gasteiger partial charge in [0.05, 0.1) is 4.90 Å². The summed E-state index contributed by atoms with van der Waals surface area (Å²) in [6, 6.07) is 5.35. The normalized spacial score (nSPS) is 17.9. The average molecular weight is 387 g/mol. The molecule has 1 saturated carbocycles. The van der Waals surface area contributed by atoms with E-state index in [0.29, 0.717) is 5.02 Å². The lowest BCUT2D eigenvalue weighted by atomic mass is 10.0. The largest absolute Gasteiger partial charge is 0.352 e. The minimum atomic E-state index is -3.82. The van der Waals surface area contributed by atoms with E-state index < -0.39 is 16.1 Å². The fourth-order valence-corrected chi connectivity index (χ4v) is 4.72. The predicted octanol–water partition coefficient (Wildman–Crippen LogP) is 3.48. The van der Waals surface area contributed by atoms with Crippen LogP contribution in [0.15, 0.2) is 29.2 Å². The molecular weight excluding hydrogens is 360 g/mol. The maximum absolute atomic E-state index is 12.7. The van der Waals surface area contributed by atoms with Crippen LogP contribution >= 0.6 is 11.6 Å². The van der Waals surface area contributed by atoms with Crippen molar-refractivity contribution in [3.05, 3.63) is 29.3 Å². The molecule has 1 aromatic carbocycles. The van der Waals surface area contributed by atoms with Gasteiger partial charge in [-0.15, -0.1) is 0 Å². The van der Waals surface area contributed by atoms with E-state index >= 15 is 0 Å². The molecule has 1 atom stereocenters. The van der Waals surface area contributed by atoms with E-state index in [1.54, 1.807) is 12.1 Å². The van der Waals surface area contributed by atoms with E-state index in [1.165, 1.54) is 25.0 Å². The number of rotatable bonds is 6. The number of sulfonamides is 1. The zero-order chi connectivity index (χ0) is 18.4. The van der Waals surface area contributed by atoms with Crippen LogP contribution in [-0.2, 0) is 14.8 Å². The minimum Gasteiger partial charge on any atom is -0.352 e. The van der Waals surface area contributed by atoms with Gasteiger partial charge in [0.15, 0.2) is 0 Å². The van der Waals surface area contributed by atoms with Gasteiger partial charge in [0.2, 0.25) is 15.9 Å².